The van der Waals surface area contributed by atoms with Gasteiger partial charge in [-0.25, -0.2) is 0 Å². The molecule has 192 valence electrons. The molecule has 3 amide bonds. The maximum atomic E-state index is 13.1. The zero-order valence-corrected chi connectivity index (χ0v) is 20.1. The Labute approximate surface area is 206 Å². The summed E-state index contributed by atoms with van der Waals surface area (Å²) in [6.07, 6.45) is 3.03. The predicted octanol–water partition coefficient (Wildman–Crippen LogP) is -0.191. The number of morpholine rings is 1. The van der Waals surface area contributed by atoms with Gasteiger partial charge in [0.15, 0.2) is 0 Å². The first-order chi connectivity index (χ1) is 16.9. The van der Waals surface area contributed by atoms with Crippen LogP contribution < -0.4 is 10.6 Å². The van der Waals surface area contributed by atoms with E-state index in [-0.39, 0.29) is 12.3 Å². The van der Waals surface area contributed by atoms with Gasteiger partial charge in [0.05, 0.1) is 25.6 Å². The molecular formula is C24H36BN3O7. The van der Waals surface area contributed by atoms with Crippen LogP contribution in [-0.4, -0.2) is 90.8 Å². The van der Waals surface area contributed by atoms with Crippen LogP contribution in [-0.2, 0) is 30.3 Å². The molecule has 4 N–H and O–H groups in total. The van der Waals surface area contributed by atoms with Crippen LogP contribution in [0.5, 0.6) is 0 Å². The number of hydrogen-bond acceptors (Lipinski definition) is 7. The van der Waals surface area contributed by atoms with E-state index in [4.69, 9.17) is 9.47 Å². The summed E-state index contributed by atoms with van der Waals surface area (Å²) in [5, 5.41) is 25.0. The fraction of sp³-hybridized carbons (Fsp3) is 0.625. The van der Waals surface area contributed by atoms with E-state index in [0.29, 0.717) is 58.6 Å². The molecule has 1 aromatic carbocycles. The van der Waals surface area contributed by atoms with E-state index in [9.17, 15) is 24.4 Å². The topological polar surface area (TPSA) is 137 Å². The summed E-state index contributed by atoms with van der Waals surface area (Å²) >= 11 is 0. The zero-order valence-electron chi connectivity index (χ0n) is 20.1. The maximum absolute atomic E-state index is 13.1. The molecule has 2 aliphatic rings. The van der Waals surface area contributed by atoms with Crippen molar-refractivity contribution < 1.29 is 33.9 Å². The van der Waals surface area contributed by atoms with Gasteiger partial charge < -0.3 is 35.1 Å². The first kappa shape index (κ1) is 27.1. The molecule has 2 aliphatic heterocycles. The average Bonchev–Trinajstić information content (AvgIpc) is 2.89. The number of hydrogen-bond donors (Lipinski definition) is 4. The van der Waals surface area contributed by atoms with Crippen LogP contribution in [0.1, 0.15) is 44.1 Å². The van der Waals surface area contributed by atoms with Crippen LogP contribution in [0.4, 0.5) is 0 Å². The van der Waals surface area contributed by atoms with E-state index in [0.717, 1.165) is 18.4 Å². The zero-order chi connectivity index (χ0) is 25.0. The Morgan fingerprint density at radius 1 is 1.06 bits per heavy atom. The minimum absolute atomic E-state index is 0.234. The molecule has 10 nitrogen and oxygen atoms in total. The summed E-state index contributed by atoms with van der Waals surface area (Å²) in [5.41, 5.74) is 1.11. The van der Waals surface area contributed by atoms with Crippen molar-refractivity contribution in [3.05, 3.63) is 35.9 Å². The molecule has 2 heterocycles. The van der Waals surface area contributed by atoms with Crippen LogP contribution in [0.25, 0.3) is 0 Å². The number of nitrogens with one attached hydrogen (secondary N) is 2. The van der Waals surface area contributed by atoms with Crippen LogP contribution in [0, 0.1) is 0 Å². The van der Waals surface area contributed by atoms with E-state index >= 15 is 0 Å². The van der Waals surface area contributed by atoms with Crippen molar-refractivity contribution in [3.63, 3.8) is 0 Å². The molecule has 3 rings (SSSR count). The molecule has 0 bridgehead atoms. The number of carbonyl (C=O) groups excluding carboxylic acids is 3. The summed E-state index contributed by atoms with van der Waals surface area (Å²) in [6.45, 7) is 2.16. The number of rotatable bonds is 11. The third-order valence-electron chi connectivity index (χ3n) is 6.36. The van der Waals surface area contributed by atoms with Gasteiger partial charge in [0, 0.05) is 19.7 Å². The first-order valence-corrected chi connectivity index (χ1v) is 12.4. The molecule has 2 saturated heterocycles. The normalized spacial score (nSPS) is 19.9. The van der Waals surface area contributed by atoms with Gasteiger partial charge >= 0.3 is 7.12 Å². The van der Waals surface area contributed by atoms with Crippen molar-refractivity contribution >= 4 is 24.8 Å². The summed E-state index contributed by atoms with van der Waals surface area (Å²) in [6, 6.07) is 8.61. The average molecular weight is 489 g/mol. The van der Waals surface area contributed by atoms with Crippen LogP contribution >= 0.6 is 0 Å². The highest BCUT2D eigenvalue weighted by atomic mass is 16.5. The van der Waals surface area contributed by atoms with E-state index < -0.39 is 37.0 Å². The molecule has 35 heavy (non-hydrogen) atoms. The number of ether oxygens (including phenoxy) is 2. The number of benzene rings is 1. The monoisotopic (exact) mass is 489 g/mol. The minimum atomic E-state index is -1.78. The second-order valence-electron chi connectivity index (χ2n) is 9.02. The molecule has 1 aromatic rings. The first-order valence-electron chi connectivity index (χ1n) is 12.4. The molecule has 3 unspecified atom stereocenters. The highest BCUT2D eigenvalue weighted by molar-refractivity contribution is 6.43. The number of nitrogens with zero attached hydrogens (tertiary/aromatic N) is 1. The van der Waals surface area contributed by atoms with Gasteiger partial charge in [0.25, 0.3) is 0 Å². The summed E-state index contributed by atoms with van der Waals surface area (Å²) in [4.78, 5) is 40.3. The molecule has 11 heteroatoms. The van der Waals surface area contributed by atoms with Crippen molar-refractivity contribution in [2.24, 2.45) is 0 Å². The Balaban J connectivity index is 1.61. The van der Waals surface area contributed by atoms with Gasteiger partial charge in [-0.3, -0.25) is 14.4 Å². The van der Waals surface area contributed by atoms with Gasteiger partial charge in [-0.1, -0.05) is 30.3 Å². The Hall–Kier alpha value is -2.47. The fourth-order valence-corrected chi connectivity index (χ4v) is 4.29. The third-order valence-corrected chi connectivity index (χ3v) is 6.36. The van der Waals surface area contributed by atoms with E-state index in [1.165, 1.54) is 0 Å². The molecule has 0 radical (unpaired) electrons. The molecule has 0 aromatic heterocycles. The summed E-state index contributed by atoms with van der Waals surface area (Å²) in [7, 11) is -1.78. The van der Waals surface area contributed by atoms with Crippen molar-refractivity contribution in [3.8, 4) is 0 Å². The Morgan fingerprint density at radius 2 is 1.80 bits per heavy atom. The second kappa shape index (κ2) is 14.2. The molecule has 3 atom stereocenters. The predicted molar refractivity (Wildman–Crippen MR) is 129 cm³/mol. The van der Waals surface area contributed by atoms with Gasteiger partial charge in [-0.2, -0.15) is 0 Å². The fourth-order valence-electron chi connectivity index (χ4n) is 4.29. The molecular weight excluding hydrogens is 453 g/mol. The smallest absolute Gasteiger partial charge is 0.426 e. The quantitative estimate of drug-likeness (QED) is 0.316. The second-order valence-corrected chi connectivity index (χ2v) is 9.02. The highest BCUT2D eigenvalue weighted by Crippen LogP contribution is 2.14. The van der Waals surface area contributed by atoms with Gasteiger partial charge in [0.2, 0.25) is 17.7 Å². The third kappa shape index (κ3) is 8.92. The lowest BCUT2D eigenvalue weighted by Gasteiger charge is -2.30. The Morgan fingerprint density at radius 3 is 2.46 bits per heavy atom. The van der Waals surface area contributed by atoms with E-state index in [1.807, 2.05) is 30.3 Å². The highest BCUT2D eigenvalue weighted by Gasteiger charge is 2.33. The maximum Gasteiger partial charge on any atom is 0.475 e. The standard InChI is InChI=1S/C24H36BN3O7/c29-22(28-12-15-34-16-13-28)17-19(26-24(31)20-10-4-5-14-35-20)23(30)27-21(25(32)33)11-6-9-18-7-2-1-3-8-18/h1-3,7-8,19-21,32-33H,4-6,9-17H2,(H,26,31)(H,27,30). The van der Waals surface area contributed by atoms with E-state index in [1.54, 1.807) is 4.90 Å². The van der Waals surface area contributed by atoms with Crippen molar-refractivity contribution in [1.82, 2.24) is 15.5 Å². The van der Waals surface area contributed by atoms with Crippen LogP contribution in [0.15, 0.2) is 30.3 Å². The van der Waals surface area contributed by atoms with Gasteiger partial charge in [-0.05, 0) is 44.1 Å². The van der Waals surface area contributed by atoms with Gasteiger partial charge in [-0.15, -0.1) is 0 Å². The lowest BCUT2D eigenvalue weighted by molar-refractivity contribution is -0.142. The Bertz CT molecular complexity index is 783. The SMILES string of the molecule is O=C(NC(CCCc1ccccc1)B(O)O)C(CC(=O)N1CCOCC1)NC(=O)C1CCCCO1. The lowest BCUT2D eigenvalue weighted by atomic mass is 9.76. The van der Waals surface area contributed by atoms with Gasteiger partial charge in [0.1, 0.15) is 12.1 Å². The number of aryl methyl sites for hydroxylation is 1. The largest absolute Gasteiger partial charge is 0.475 e. The lowest BCUT2D eigenvalue weighted by Crippen LogP contribution is -2.57. The van der Waals surface area contributed by atoms with Crippen molar-refractivity contribution in [2.75, 3.05) is 32.9 Å². The summed E-state index contributed by atoms with van der Waals surface area (Å²) in [5.74, 6) is -2.28. The van der Waals surface area contributed by atoms with Crippen LogP contribution in [0.2, 0.25) is 0 Å². The molecule has 2 fully saturated rings. The molecule has 0 saturated carbocycles. The van der Waals surface area contributed by atoms with Crippen LogP contribution in [0.3, 0.4) is 0 Å². The minimum Gasteiger partial charge on any atom is -0.426 e. The summed E-state index contributed by atoms with van der Waals surface area (Å²) < 4.78 is 10.8. The molecule has 0 aliphatic carbocycles. The van der Waals surface area contributed by atoms with Crippen molar-refractivity contribution in [1.29, 1.82) is 0 Å². The number of amides is 3. The van der Waals surface area contributed by atoms with E-state index in [2.05, 4.69) is 10.6 Å². The Kier molecular flexibility index (Phi) is 11.0. The molecule has 0 spiro atoms. The number of carbonyl (C=O) groups is 3. The van der Waals surface area contributed by atoms with Crippen molar-refractivity contribution in [2.45, 2.75) is 63.0 Å².